The van der Waals surface area contributed by atoms with Gasteiger partial charge in [-0.2, -0.15) is 0 Å². The van der Waals surface area contributed by atoms with Crippen LogP contribution in [0.2, 0.25) is 5.02 Å². The number of nitrogens with zero attached hydrogens (tertiary/aromatic N) is 3. The van der Waals surface area contributed by atoms with Crippen LogP contribution in [0.15, 0.2) is 29.4 Å². The van der Waals surface area contributed by atoms with Crippen molar-refractivity contribution in [3.63, 3.8) is 0 Å². The van der Waals surface area contributed by atoms with Crippen molar-refractivity contribution in [1.82, 2.24) is 0 Å². The maximum atomic E-state index is 9.59. The summed E-state index contributed by atoms with van der Waals surface area (Å²) in [5, 5.41) is 13.9. The Morgan fingerprint density at radius 3 is 2.71 bits per heavy atom. The fraction of sp³-hybridized carbons (Fsp3) is 0.500. The van der Waals surface area contributed by atoms with E-state index in [1.165, 1.54) is 0 Å². The van der Waals surface area contributed by atoms with E-state index in [0.29, 0.717) is 17.0 Å². The van der Waals surface area contributed by atoms with E-state index in [4.69, 9.17) is 17.1 Å². The standard InChI is InChI=1S/C12H16ClN3O/c1-2-3-8-12(9-17,15-16-14)10-6-4-5-7-11(10)13/h4-7,17H,2-3,8-9H2,1H3/t12-/m1/s1. The molecule has 0 saturated carbocycles. The highest BCUT2D eigenvalue weighted by molar-refractivity contribution is 6.31. The maximum Gasteiger partial charge on any atom is 0.0982 e. The van der Waals surface area contributed by atoms with Crippen LogP contribution in [0.5, 0.6) is 0 Å². The number of halogens is 1. The molecule has 0 amide bonds. The summed E-state index contributed by atoms with van der Waals surface area (Å²) < 4.78 is 0. The molecule has 0 bridgehead atoms. The zero-order chi connectivity index (χ0) is 12.7. The molecule has 1 aromatic rings. The Hall–Kier alpha value is -1.22. The number of hydrogen-bond donors (Lipinski definition) is 1. The fourth-order valence-corrected chi connectivity index (χ4v) is 2.14. The molecule has 92 valence electrons. The summed E-state index contributed by atoms with van der Waals surface area (Å²) in [4.78, 5) is 2.86. The van der Waals surface area contributed by atoms with Gasteiger partial charge in [-0.3, -0.25) is 0 Å². The van der Waals surface area contributed by atoms with Crippen molar-refractivity contribution in [3.05, 3.63) is 45.3 Å². The van der Waals surface area contributed by atoms with Gasteiger partial charge in [-0.1, -0.05) is 54.7 Å². The molecule has 0 spiro atoms. The first-order chi connectivity index (χ1) is 8.20. The van der Waals surface area contributed by atoms with Crippen LogP contribution in [0.25, 0.3) is 10.4 Å². The minimum atomic E-state index is -0.941. The molecular formula is C12H16ClN3O. The molecule has 0 aliphatic heterocycles. The second-order valence-electron chi connectivity index (χ2n) is 3.96. The Labute approximate surface area is 106 Å². The van der Waals surface area contributed by atoms with Crippen LogP contribution in [0, 0.1) is 0 Å². The molecule has 17 heavy (non-hydrogen) atoms. The third-order valence-corrected chi connectivity index (χ3v) is 3.15. The molecule has 0 saturated heterocycles. The van der Waals surface area contributed by atoms with Crippen LogP contribution in [-0.2, 0) is 5.54 Å². The Balaban J connectivity index is 3.21. The largest absolute Gasteiger partial charge is 0.395 e. The molecule has 5 heteroatoms. The zero-order valence-electron chi connectivity index (χ0n) is 9.80. The van der Waals surface area contributed by atoms with Gasteiger partial charge in [0, 0.05) is 9.93 Å². The molecule has 0 aromatic heterocycles. The molecule has 0 unspecified atom stereocenters. The highest BCUT2D eigenvalue weighted by Crippen LogP contribution is 2.35. The van der Waals surface area contributed by atoms with E-state index in [9.17, 15) is 5.11 Å². The fourth-order valence-electron chi connectivity index (χ4n) is 1.83. The summed E-state index contributed by atoms with van der Waals surface area (Å²) in [6.07, 6.45) is 2.42. The minimum Gasteiger partial charge on any atom is -0.395 e. The number of hydrogen-bond acceptors (Lipinski definition) is 2. The van der Waals surface area contributed by atoms with Crippen molar-refractivity contribution in [2.45, 2.75) is 31.7 Å². The second-order valence-corrected chi connectivity index (χ2v) is 4.37. The quantitative estimate of drug-likeness (QED) is 0.464. The lowest BCUT2D eigenvalue weighted by atomic mass is 9.86. The van der Waals surface area contributed by atoms with Gasteiger partial charge in [0.25, 0.3) is 0 Å². The molecule has 0 radical (unpaired) electrons. The Kier molecular flexibility index (Phi) is 5.29. The van der Waals surface area contributed by atoms with Crippen LogP contribution in [0.4, 0.5) is 0 Å². The first-order valence-corrected chi connectivity index (χ1v) is 6.00. The number of benzene rings is 1. The maximum absolute atomic E-state index is 9.59. The van der Waals surface area contributed by atoms with Gasteiger partial charge < -0.3 is 5.11 Å². The predicted octanol–water partition coefficient (Wildman–Crippen LogP) is 4.03. The first-order valence-electron chi connectivity index (χ1n) is 5.62. The Morgan fingerprint density at radius 1 is 1.47 bits per heavy atom. The van der Waals surface area contributed by atoms with Crippen LogP contribution >= 0.6 is 11.6 Å². The first kappa shape index (κ1) is 13.8. The van der Waals surface area contributed by atoms with Crippen LogP contribution in [-0.4, -0.2) is 11.7 Å². The lowest BCUT2D eigenvalue weighted by Gasteiger charge is -2.27. The van der Waals surface area contributed by atoms with Gasteiger partial charge in [0.15, 0.2) is 0 Å². The monoisotopic (exact) mass is 253 g/mol. The average molecular weight is 254 g/mol. The van der Waals surface area contributed by atoms with Crippen molar-refractivity contribution in [2.24, 2.45) is 5.11 Å². The summed E-state index contributed by atoms with van der Waals surface area (Å²) in [6.45, 7) is 1.81. The van der Waals surface area contributed by atoms with Gasteiger partial charge in [-0.05, 0) is 23.6 Å². The van der Waals surface area contributed by atoms with Gasteiger partial charge in [-0.25, -0.2) is 0 Å². The molecule has 1 aromatic carbocycles. The van der Waals surface area contributed by atoms with Crippen LogP contribution in [0.3, 0.4) is 0 Å². The van der Waals surface area contributed by atoms with E-state index < -0.39 is 5.54 Å². The predicted molar refractivity (Wildman–Crippen MR) is 68.9 cm³/mol. The molecule has 0 fully saturated rings. The molecule has 1 atom stereocenters. The van der Waals surface area contributed by atoms with Gasteiger partial charge in [-0.15, -0.1) is 0 Å². The average Bonchev–Trinajstić information content (AvgIpc) is 2.35. The lowest BCUT2D eigenvalue weighted by Crippen LogP contribution is -2.28. The van der Waals surface area contributed by atoms with Gasteiger partial charge in [0.05, 0.1) is 12.1 Å². The number of aliphatic hydroxyl groups excluding tert-OH is 1. The number of azide groups is 1. The minimum absolute atomic E-state index is 0.235. The summed E-state index contributed by atoms with van der Waals surface area (Å²) in [5.74, 6) is 0. The van der Waals surface area contributed by atoms with E-state index in [1.807, 2.05) is 19.1 Å². The number of rotatable bonds is 6. The van der Waals surface area contributed by atoms with Crippen molar-refractivity contribution in [1.29, 1.82) is 0 Å². The third-order valence-electron chi connectivity index (χ3n) is 2.82. The normalized spacial score (nSPS) is 13.8. The Bertz CT molecular complexity index is 418. The molecule has 0 heterocycles. The van der Waals surface area contributed by atoms with Crippen LogP contribution < -0.4 is 0 Å². The van der Waals surface area contributed by atoms with Crippen molar-refractivity contribution < 1.29 is 5.11 Å². The van der Waals surface area contributed by atoms with Gasteiger partial charge in [0.2, 0.25) is 0 Å². The van der Waals surface area contributed by atoms with E-state index in [2.05, 4.69) is 10.0 Å². The topological polar surface area (TPSA) is 69.0 Å². The molecule has 1 rings (SSSR count). The smallest absolute Gasteiger partial charge is 0.0982 e. The third kappa shape index (κ3) is 3.13. The van der Waals surface area contributed by atoms with E-state index in [1.54, 1.807) is 12.1 Å². The van der Waals surface area contributed by atoms with Gasteiger partial charge >= 0.3 is 0 Å². The SMILES string of the molecule is CCCC[C@](CO)(N=[N+]=[N-])c1ccccc1Cl. The number of unbranched alkanes of at least 4 members (excludes halogenated alkanes) is 1. The number of aliphatic hydroxyl groups is 1. The van der Waals surface area contributed by atoms with E-state index in [-0.39, 0.29) is 6.61 Å². The molecule has 0 aliphatic carbocycles. The molecule has 4 nitrogen and oxygen atoms in total. The van der Waals surface area contributed by atoms with Gasteiger partial charge in [0.1, 0.15) is 0 Å². The summed E-state index contributed by atoms with van der Waals surface area (Å²) in [5.41, 5.74) is 8.44. The lowest BCUT2D eigenvalue weighted by molar-refractivity contribution is 0.185. The molecule has 1 N–H and O–H groups in total. The van der Waals surface area contributed by atoms with E-state index >= 15 is 0 Å². The van der Waals surface area contributed by atoms with Crippen molar-refractivity contribution in [3.8, 4) is 0 Å². The van der Waals surface area contributed by atoms with E-state index in [0.717, 1.165) is 12.8 Å². The molecular weight excluding hydrogens is 238 g/mol. The highest BCUT2D eigenvalue weighted by Gasteiger charge is 2.31. The second kappa shape index (κ2) is 6.50. The zero-order valence-corrected chi connectivity index (χ0v) is 10.6. The summed E-state index contributed by atoms with van der Waals surface area (Å²) in [7, 11) is 0. The summed E-state index contributed by atoms with van der Waals surface area (Å²) >= 11 is 6.11. The Morgan fingerprint density at radius 2 is 2.18 bits per heavy atom. The molecule has 0 aliphatic rings. The summed E-state index contributed by atoms with van der Waals surface area (Å²) in [6, 6.07) is 7.16. The van der Waals surface area contributed by atoms with Crippen molar-refractivity contribution in [2.75, 3.05) is 6.61 Å². The van der Waals surface area contributed by atoms with Crippen LogP contribution in [0.1, 0.15) is 31.7 Å². The van der Waals surface area contributed by atoms with Crippen molar-refractivity contribution >= 4 is 11.6 Å². The highest BCUT2D eigenvalue weighted by atomic mass is 35.5.